The Morgan fingerprint density at radius 3 is 2.76 bits per heavy atom. The van der Waals surface area contributed by atoms with E-state index in [4.69, 9.17) is 9.15 Å². The molecule has 2 atom stereocenters. The van der Waals surface area contributed by atoms with Crippen molar-refractivity contribution < 1.29 is 23.5 Å². The molecule has 180 valence electrons. The van der Waals surface area contributed by atoms with Gasteiger partial charge in [-0.15, -0.1) is 0 Å². The van der Waals surface area contributed by atoms with E-state index in [0.29, 0.717) is 49.4 Å². The molecule has 0 bridgehead atoms. The SMILES string of the molecule is CC1(C)C[C@@H](N2C(=O)c3cccc(N4CCC[C@@H](C(=O)NCc5ccco5)C4)c3C2=O)CCO1. The number of piperidine rings is 1. The summed E-state index contributed by atoms with van der Waals surface area (Å²) in [6.45, 7) is 6.11. The minimum absolute atomic E-state index is 0.0258. The van der Waals surface area contributed by atoms with Crippen molar-refractivity contribution in [2.45, 2.75) is 57.7 Å². The van der Waals surface area contributed by atoms with E-state index in [1.165, 1.54) is 4.90 Å². The van der Waals surface area contributed by atoms with Crippen LogP contribution in [0.4, 0.5) is 5.69 Å². The zero-order valence-corrected chi connectivity index (χ0v) is 19.7. The van der Waals surface area contributed by atoms with Crippen LogP contribution in [0.5, 0.6) is 0 Å². The molecule has 8 nitrogen and oxygen atoms in total. The third-order valence-electron chi connectivity index (χ3n) is 7.11. The molecule has 2 aromatic rings. The molecule has 0 aliphatic carbocycles. The summed E-state index contributed by atoms with van der Waals surface area (Å²) >= 11 is 0. The third kappa shape index (κ3) is 4.22. The zero-order chi connectivity index (χ0) is 23.9. The molecule has 0 radical (unpaired) electrons. The Kier molecular flexibility index (Phi) is 5.93. The van der Waals surface area contributed by atoms with Gasteiger partial charge >= 0.3 is 0 Å². The summed E-state index contributed by atoms with van der Waals surface area (Å²) < 4.78 is 11.1. The first-order valence-electron chi connectivity index (χ1n) is 12.0. The van der Waals surface area contributed by atoms with Crippen molar-refractivity contribution in [3.05, 3.63) is 53.5 Å². The van der Waals surface area contributed by atoms with Gasteiger partial charge in [-0.2, -0.15) is 0 Å². The lowest BCUT2D eigenvalue weighted by atomic mass is 9.93. The summed E-state index contributed by atoms with van der Waals surface area (Å²) in [5.41, 5.74) is 1.29. The van der Waals surface area contributed by atoms with Crippen LogP contribution < -0.4 is 10.2 Å². The van der Waals surface area contributed by atoms with Crippen molar-refractivity contribution in [3.8, 4) is 0 Å². The predicted molar refractivity (Wildman–Crippen MR) is 125 cm³/mol. The number of ether oxygens (including phenoxy) is 1. The number of carbonyl (C=O) groups is 3. The molecular weight excluding hydrogens is 434 g/mol. The third-order valence-corrected chi connectivity index (χ3v) is 7.11. The summed E-state index contributed by atoms with van der Waals surface area (Å²) in [6, 6.07) is 8.91. The molecule has 2 saturated heterocycles. The summed E-state index contributed by atoms with van der Waals surface area (Å²) in [5, 5.41) is 2.95. The average Bonchev–Trinajstić information content (AvgIpc) is 3.43. The summed E-state index contributed by atoms with van der Waals surface area (Å²) in [7, 11) is 0. The molecule has 0 spiro atoms. The average molecular weight is 466 g/mol. The quantitative estimate of drug-likeness (QED) is 0.681. The fourth-order valence-electron chi connectivity index (χ4n) is 5.44. The molecule has 8 heteroatoms. The maximum Gasteiger partial charge on any atom is 0.263 e. The van der Waals surface area contributed by atoms with Gasteiger partial charge in [0.05, 0.1) is 41.1 Å². The highest BCUT2D eigenvalue weighted by molar-refractivity contribution is 6.24. The van der Waals surface area contributed by atoms with E-state index in [2.05, 4.69) is 10.2 Å². The molecule has 1 aromatic heterocycles. The molecule has 5 rings (SSSR count). The van der Waals surface area contributed by atoms with Gasteiger partial charge in [0.15, 0.2) is 0 Å². The van der Waals surface area contributed by atoms with Crippen molar-refractivity contribution in [2.24, 2.45) is 5.92 Å². The van der Waals surface area contributed by atoms with Crippen LogP contribution in [0.1, 0.15) is 66.0 Å². The number of amides is 3. The van der Waals surface area contributed by atoms with Gasteiger partial charge in [0.25, 0.3) is 11.8 Å². The van der Waals surface area contributed by atoms with E-state index in [1.807, 2.05) is 32.0 Å². The number of imide groups is 1. The standard InChI is InChI=1S/C26H31N3O5/c1-26(2)14-18(10-13-34-26)29-24(31)20-8-3-9-21(22(20)25(29)32)28-11-4-6-17(16-28)23(30)27-15-19-7-5-12-33-19/h3,5,7-9,12,17-18H,4,6,10-11,13-16H2,1-2H3,(H,27,30)/t17-,18+/m1/s1. The smallest absolute Gasteiger partial charge is 0.263 e. The number of hydrogen-bond donors (Lipinski definition) is 1. The van der Waals surface area contributed by atoms with Crippen LogP contribution in [0.25, 0.3) is 0 Å². The molecule has 2 fully saturated rings. The van der Waals surface area contributed by atoms with E-state index in [1.54, 1.807) is 18.4 Å². The lowest BCUT2D eigenvalue weighted by Crippen LogP contribution is -2.48. The van der Waals surface area contributed by atoms with Gasteiger partial charge in [-0.25, -0.2) is 0 Å². The second-order valence-electron chi connectivity index (χ2n) is 10.0. The molecule has 1 N–H and O–H groups in total. The lowest BCUT2D eigenvalue weighted by Gasteiger charge is -2.39. The van der Waals surface area contributed by atoms with E-state index in [9.17, 15) is 14.4 Å². The Balaban J connectivity index is 1.34. The Labute approximate surface area is 199 Å². The first-order chi connectivity index (χ1) is 16.3. The minimum atomic E-state index is -0.371. The van der Waals surface area contributed by atoms with Gasteiger partial charge in [0.2, 0.25) is 5.91 Å². The van der Waals surface area contributed by atoms with Crippen molar-refractivity contribution in [1.29, 1.82) is 0 Å². The molecule has 3 amide bonds. The molecule has 0 unspecified atom stereocenters. The van der Waals surface area contributed by atoms with Crippen LogP contribution in [-0.2, 0) is 16.1 Å². The summed E-state index contributed by atoms with van der Waals surface area (Å²) in [5.74, 6) is 0.0284. The van der Waals surface area contributed by atoms with Crippen molar-refractivity contribution in [3.63, 3.8) is 0 Å². The van der Waals surface area contributed by atoms with E-state index < -0.39 is 0 Å². The molecule has 1 aromatic carbocycles. The number of nitrogens with zero attached hydrogens (tertiary/aromatic N) is 2. The maximum atomic E-state index is 13.6. The molecule has 34 heavy (non-hydrogen) atoms. The minimum Gasteiger partial charge on any atom is -0.467 e. The summed E-state index contributed by atoms with van der Waals surface area (Å²) in [6.07, 6.45) is 4.47. The first kappa shape index (κ1) is 22.7. The van der Waals surface area contributed by atoms with Crippen LogP contribution in [-0.4, -0.2) is 54.0 Å². The zero-order valence-electron chi connectivity index (χ0n) is 19.7. The topological polar surface area (TPSA) is 92.1 Å². The largest absolute Gasteiger partial charge is 0.467 e. The van der Waals surface area contributed by atoms with Crippen LogP contribution in [0.3, 0.4) is 0 Å². The number of nitrogens with one attached hydrogen (secondary N) is 1. The Morgan fingerprint density at radius 2 is 2.00 bits per heavy atom. The monoisotopic (exact) mass is 465 g/mol. The van der Waals surface area contributed by atoms with Crippen molar-refractivity contribution >= 4 is 23.4 Å². The second-order valence-corrected chi connectivity index (χ2v) is 10.0. The van der Waals surface area contributed by atoms with Crippen LogP contribution >= 0.6 is 0 Å². The molecule has 0 saturated carbocycles. The van der Waals surface area contributed by atoms with Gasteiger partial charge in [-0.3, -0.25) is 19.3 Å². The Morgan fingerprint density at radius 1 is 1.15 bits per heavy atom. The van der Waals surface area contributed by atoms with Crippen LogP contribution in [0.15, 0.2) is 41.0 Å². The Bertz CT molecular complexity index is 1090. The molecule has 3 aliphatic rings. The van der Waals surface area contributed by atoms with E-state index in [-0.39, 0.29) is 35.3 Å². The number of fused-ring (bicyclic) bond motifs is 1. The van der Waals surface area contributed by atoms with Gasteiger partial charge < -0.3 is 19.4 Å². The van der Waals surface area contributed by atoms with Crippen molar-refractivity contribution in [2.75, 3.05) is 24.6 Å². The highest BCUT2D eigenvalue weighted by atomic mass is 16.5. The van der Waals surface area contributed by atoms with Gasteiger partial charge in [0.1, 0.15) is 5.76 Å². The van der Waals surface area contributed by atoms with Crippen molar-refractivity contribution in [1.82, 2.24) is 10.2 Å². The molecular formula is C26H31N3O5. The summed E-state index contributed by atoms with van der Waals surface area (Å²) in [4.78, 5) is 43.2. The van der Waals surface area contributed by atoms with E-state index in [0.717, 1.165) is 25.1 Å². The van der Waals surface area contributed by atoms with Gasteiger partial charge in [-0.1, -0.05) is 6.07 Å². The number of anilines is 1. The fraction of sp³-hybridized carbons (Fsp3) is 0.500. The van der Waals surface area contributed by atoms with E-state index >= 15 is 0 Å². The number of hydrogen-bond acceptors (Lipinski definition) is 6. The second kappa shape index (κ2) is 8.91. The molecule has 3 aliphatic heterocycles. The van der Waals surface area contributed by atoms with Gasteiger partial charge in [-0.05, 0) is 63.8 Å². The van der Waals surface area contributed by atoms with Gasteiger partial charge in [0, 0.05) is 25.7 Å². The normalized spacial score (nSPS) is 24.3. The lowest BCUT2D eigenvalue weighted by molar-refractivity contribution is -0.125. The highest BCUT2D eigenvalue weighted by Gasteiger charge is 2.45. The highest BCUT2D eigenvalue weighted by Crippen LogP contribution is 2.38. The van der Waals surface area contributed by atoms with Crippen LogP contribution in [0, 0.1) is 5.92 Å². The number of rotatable bonds is 5. The fourth-order valence-corrected chi connectivity index (χ4v) is 5.44. The number of furan rings is 1. The maximum absolute atomic E-state index is 13.6. The molecule has 4 heterocycles. The number of carbonyl (C=O) groups excluding carboxylic acids is 3. The Hall–Kier alpha value is -3.13. The number of benzene rings is 1. The predicted octanol–water partition coefficient (Wildman–Crippen LogP) is 3.37. The first-order valence-corrected chi connectivity index (χ1v) is 12.0. The van der Waals surface area contributed by atoms with Crippen LogP contribution in [0.2, 0.25) is 0 Å².